The quantitative estimate of drug-likeness (QED) is 0.667. The maximum Gasteiger partial charge on any atom is 0.162 e. The fourth-order valence-electron chi connectivity index (χ4n) is 2.92. The van der Waals surface area contributed by atoms with Crippen molar-refractivity contribution in [1.29, 1.82) is 0 Å². The van der Waals surface area contributed by atoms with Gasteiger partial charge in [-0.25, -0.2) is 0 Å². The molecule has 0 N–H and O–H groups in total. The second kappa shape index (κ2) is 6.71. The van der Waals surface area contributed by atoms with E-state index in [1.165, 1.54) is 30.4 Å². The lowest BCUT2D eigenvalue weighted by Crippen LogP contribution is -2.09. The van der Waals surface area contributed by atoms with Crippen molar-refractivity contribution in [2.24, 2.45) is 0 Å². The predicted octanol–water partition coefficient (Wildman–Crippen LogP) is 5.16. The summed E-state index contributed by atoms with van der Waals surface area (Å²) in [5.74, 6) is 1.01. The number of aryl methyl sites for hydroxylation is 1. The highest BCUT2D eigenvalue weighted by Crippen LogP contribution is 2.36. The first-order valence-corrected chi connectivity index (χ1v) is 8.00. The van der Waals surface area contributed by atoms with Gasteiger partial charge in [0.05, 0.1) is 0 Å². The van der Waals surface area contributed by atoms with E-state index < -0.39 is 0 Å². The minimum Gasteiger partial charge on any atom is -0.294 e. The van der Waals surface area contributed by atoms with Gasteiger partial charge in [0.15, 0.2) is 5.78 Å². The smallest absolute Gasteiger partial charge is 0.162 e. The van der Waals surface area contributed by atoms with Crippen LogP contribution < -0.4 is 0 Å². The van der Waals surface area contributed by atoms with Gasteiger partial charge in [0.25, 0.3) is 0 Å². The van der Waals surface area contributed by atoms with Gasteiger partial charge in [0.2, 0.25) is 0 Å². The lowest BCUT2D eigenvalue weighted by Gasteiger charge is -2.25. The Hall–Kier alpha value is -1.89. The molecule has 0 unspecified atom stereocenters. The molecule has 1 nitrogen and oxygen atoms in total. The Bertz CT molecular complexity index is 579. The molecule has 0 heterocycles. The van der Waals surface area contributed by atoms with Crippen molar-refractivity contribution in [1.82, 2.24) is 0 Å². The predicted molar refractivity (Wildman–Crippen MR) is 86.7 cm³/mol. The molecule has 0 aliphatic heterocycles. The van der Waals surface area contributed by atoms with Gasteiger partial charge in [0.1, 0.15) is 0 Å². The van der Waals surface area contributed by atoms with Gasteiger partial charge in [-0.15, -0.1) is 0 Å². The summed E-state index contributed by atoms with van der Waals surface area (Å²) in [5.41, 5.74) is 3.58. The van der Waals surface area contributed by atoms with E-state index in [1.807, 2.05) is 18.2 Å². The molecule has 0 amide bonds. The second-order valence-electron chi connectivity index (χ2n) is 6.01. The van der Waals surface area contributed by atoms with E-state index in [2.05, 4.69) is 36.4 Å². The molecule has 2 aromatic carbocycles. The zero-order valence-corrected chi connectivity index (χ0v) is 12.4. The Morgan fingerprint density at radius 1 is 0.952 bits per heavy atom. The van der Waals surface area contributed by atoms with E-state index in [0.717, 1.165) is 24.3 Å². The van der Waals surface area contributed by atoms with Gasteiger partial charge >= 0.3 is 0 Å². The third-order valence-corrected chi connectivity index (χ3v) is 4.52. The Kier molecular flexibility index (Phi) is 4.49. The van der Waals surface area contributed by atoms with Crippen LogP contribution in [0.15, 0.2) is 54.6 Å². The molecule has 0 aromatic heterocycles. The lowest BCUT2D eigenvalue weighted by atomic mass is 9.80. The topological polar surface area (TPSA) is 17.1 Å². The van der Waals surface area contributed by atoms with E-state index >= 15 is 0 Å². The molecular weight excluding hydrogens is 256 g/mol. The van der Waals surface area contributed by atoms with Crippen LogP contribution in [0.25, 0.3) is 0 Å². The van der Waals surface area contributed by atoms with E-state index in [-0.39, 0.29) is 5.78 Å². The maximum atomic E-state index is 12.2. The van der Waals surface area contributed by atoms with Gasteiger partial charge in [-0.05, 0) is 42.7 Å². The van der Waals surface area contributed by atoms with E-state index in [0.29, 0.717) is 6.42 Å². The molecule has 0 radical (unpaired) electrons. The highest BCUT2D eigenvalue weighted by Gasteiger charge is 2.19. The summed E-state index contributed by atoms with van der Waals surface area (Å²) in [6.07, 6.45) is 6.51. The fraction of sp³-hybridized carbons (Fsp3) is 0.350. The molecule has 3 rings (SSSR count). The van der Waals surface area contributed by atoms with Gasteiger partial charge in [-0.3, -0.25) is 4.79 Å². The van der Waals surface area contributed by atoms with Crippen LogP contribution in [0.3, 0.4) is 0 Å². The van der Waals surface area contributed by atoms with E-state index in [4.69, 9.17) is 0 Å². The summed E-state index contributed by atoms with van der Waals surface area (Å²) in [6, 6.07) is 18.7. The molecule has 1 aliphatic carbocycles. The molecule has 0 saturated heterocycles. The molecule has 108 valence electrons. The second-order valence-corrected chi connectivity index (χ2v) is 6.01. The van der Waals surface area contributed by atoms with Crippen molar-refractivity contribution in [3.63, 3.8) is 0 Å². The summed E-state index contributed by atoms with van der Waals surface area (Å²) in [5, 5.41) is 0. The van der Waals surface area contributed by atoms with Gasteiger partial charge in [-0.2, -0.15) is 0 Å². The van der Waals surface area contributed by atoms with Gasteiger partial charge < -0.3 is 0 Å². The number of benzene rings is 2. The minimum absolute atomic E-state index is 0.270. The third kappa shape index (κ3) is 3.60. The number of hydrogen-bond acceptors (Lipinski definition) is 1. The van der Waals surface area contributed by atoms with Crippen molar-refractivity contribution >= 4 is 5.78 Å². The van der Waals surface area contributed by atoms with Crippen LogP contribution >= 0.6 is 0 Å². The Morgan fingerprint density at radius 2 is 1.67 bits per heavy atom. The minimum atomic E-state index is 0.270. The summed E-state index contributed by atoms with van der Waals surface area (Å²) in [7, 11) is 0. The fourth-order valence-corrected chi connectivity index (χ4v) is 2.92. The lowest BCUT2D eigenvalue weighted by molar-refractivity contribution is 0.0980. The van der Waals surface area contributed by atoms with E-state index in [9.17, 15) is 4.79 Å². The molecule has 21 heavy (non-hydrogen) atoms. The van der Waals surface area contributed by atoms with Gasteiger partial charge in [0, 0.05) is 12.0 Å². The van der Waals surface area contributed by atoms with Crippen LogP contribution in [0, 0.1) is 0 Å². The van der Waals surface area contributed by atoms with E-state index in [1.54, 1.807) is 0 Å². The Morgan fingerprint density at radius 3 is 2.29 bits per heavy atom. The summed E-state index contributed by atoms with van der Waals surface area (Å²) < 4.78 is 0. The average molecular weight is 278 g/mol. The highest BCUT2D eigenvalue weighted by molar-refractivity contribution is 5.96. The first-order valence-electron chi connectivity index (χ1n) is 8.00. The van der Waals surface area contributed by atoms with Crippen LogP contribution in [0.1, 0.15) is 59.5 Å². The number of ketones is 1. The zero-order valence-electron chi connectivity index (χ0n) is 12.4. The maximum absolute atomic E-state index is 12.2. The molecule has 0 bridgehead atoms. The average Bonchev–Trinajstić information content (AvgIpc) is 2.47. The van der Waals surface area contributed by atoms with Crippen LogP contribution in [-0.2, 0) is 6.42 Å². The molecule has 1 heteroatoms. The molecule has 2 aromatic rings. The first-order chi connectivity index (χ1) is 10.3. The number of carbonyl (C=O) groups is 1. The largest absolute Gasteiger partial charge is 0.294 e. The number of Topliss-reactive ketones (excluding diaryl/α,β-unsaturated/α-hetero) is 1. The zero-order chi connectivity index (χ0) is 14.5. The normalized spacial score (nSPS) is 14.7. The SMILES string of the molecule is O=C(CCCc1ccccc1)c1ccc(C2CCC2)cc1. The van der Waals surface area contributed by atoms with Gasteiger partial charge in [-0.1, -0.05) is 61.0 Å². The summed E-state index contributed by atoms with van der Waals surface area (Å²) in [4.78, 5) is 12.2. The highest BCUT2D eigenvalue weighted by atomic mass is 16.1. The summed E-state index contributed by atoms with van der Waals surface area (Å²) >= 11 is 0. The number of carbonyl (C=O) groups excluding carboxylic acids is 1. The molecule has 0 atom stereocenters. The third-order valence-electron chi connectivity index (χ3n) is 4.52. The first kappa shape index (κ1) is 14.1. The van der Waals surface area contributed by atoms with Crippen molar-refractivity contribution < 1.29 is 4.79 Å². The standard InChI is InChI=1S/C20H22O/c21-20(11-4-8-16-6-2-1-3-7-16)19-14-12-18(13-15-19)17-9-5-10-17/h1-3,6-7,12-15,17H,4-5,8-11H2. The molecule has 0 spiro atoms. The van der Waals surface area contributed by atoms with Crippen LogP contribution in [0.4, 0.5) is 0 Å². The number of hydrogen-bond donors (Lipinski definition) is 0. The Balaban J connectivity index is 1.50. The monoisotopic (exact) mass is 278 g/mol. The van der Waals surface area contributed by atoms with Crippen molar-refractivity contribution in [3.8, 4) is 0 Å². The molecule has 1 aliphatic rings. The van der Waals surface area contributed by atoms with Crippen molar-refractivity contribution in [2.75, 3.05) is 0 Å². The molecular formula is C20H22O. The van der Waals surface area contributed by atoms with Crippen molar-refractivity contribution in [3.05, 3.63) is 71.3 Å². The number of rotatable bonds is 6. The van der Waals surface area contributed by atoms with Crippen molar-refractivity contribution in [2.45, 2.75) is 44.4 Å². The Labute approximate surface area is 127 Å². The van der Waals surface area contributed by atoms with Crippen LogP contribution in [0.5, 0.6) is 0 Å². The van der Waals surface area contributed by atoms with Crippen LogP contribution in [-0.4, -0.2) is 5.78 Å². The molecule has 1 fully saturated rings. The van der Waals surface area contributed by atoms with Crippen LogP contribution in [0.2, 0.25) is 0 Å². The molecule has 1 saturated carbocycles. The summed E-state index contributed by atoms with van der Waals surface area (Å²) in [6.45, 7) is 0.